The molecule has 1 aliphatic rings. The van der Waals surface area contributed by atoms with E-state index >= 15 is 0 Å². The van der Waals surface area contributed by atoms with Gasteiger partial charge in [-0.15, -0.1) is 0 Å². The van der Waals surface area contributed by atoms with Crippen molar-refractivity contribution in [2.45, 2.75) is 50.5 Å². The van der Waals surface area contributed by atoms with E-state index in [4.69, 9.17) is 4.74 Å². The second-order valence-electron chi connectivity index (χ2n) is 6.21. The monoisotopic (exact) mass is 351 g/mol. The lowest BCUT2D eigenvalue weighted by atomic mass is 10.2. The van der Waals surface area contributed by atoms with Gasteiger partial charge in [0.05, 0.1) is 11.0 Å². The molecular formula is C18H25NO4S. The Labute approximate surface area is 144 Å². The number of benzene rings is 1. The van der Waals surface area contributed by atoms with Gasteiger partial charge in [-0.2, -0.15) is 4.31 Å². The molecule has 1 aromatic carbocycles. The molecule has 0 radical (unpaired) electrons. The summed E-state index contributed by atoms with van der Waals surface area (Å²) in [6.07, 6.45) is 6.80. The van der Waals surface area contributed by atoms with Crippen LogP contribution in [-0.2, 0) is 19.6 Å². The Morgan fingerprint density at radius 3 is 2.21 bits per heavy atom. The fourth-order valence-corrected chi connectivity index (χ4v) is 4.13. The number of esters is 1. The third kappa shape index (κ3) is 5.18. The van der Waals surface area contributed by atoms with Crippen LogP contribution in [0.5, 0.6) is 0 Å². The Bertz CT molecular complexity index is 669. The Morgan fingerprint density at radius 2 is 1.67 bits per heavy atom. The normalized spacial score (nSPS) is 17.1. The molecule has 0 unspecified atom stereocenters. The van der Waals surface area contributed by atoms with Crippen molar-refractivity contribution in [3.8, 4) is 0 Å². The average Bonchev–Trinajstić information content (AvgIpc) is 2.82. The van der Waals surface area contributed by atoms with Gasteiger partial charge in [0, 0.05) is 19.2 Å². The number of hydrogen-bond donors (Lipinski definition) is 0. The number of nitrogens with zero attached hydrogens (tertiary/aromatic N) is 1. The van der Waals surface area contributed by atoms with Gasteiger partial charge in [0.25, 0.3) is 0 Å². The summed E-state index contributed by atoms with van der Waals surface area (Å²) in [6.45, 7) is 4.75. The molecule has 1 saturated heterocycles. The molecule has 0 saturated carbocycles. The van der Waals surface area contributed by atoms with Gasteiger partial charge in [0.2, 0.25) is 10.0 Å². The van der Waals surface area contributed by atoms with E-state index in [9.17, 15) is 13.2 Å². The first kappa shape index (κ1) is 18.7. The van der Waals surface area contributed by atoms with Gasteiger partial charge in [-0.05, 0) is 50.5 Å². The summed E-state index contributed by atoms with van der Waals surface area (Å²) in [6, 6.07) is 6.58. The van der Waals surface area contributed by atoms with Crippen molar-refractivity contribution in [2.24, 2.45) is 0 Å². The van der Waals surface area contributed by atoms with Crippen LogP contribution in [0.2, 0.25) is 0 Å². The minimum absolute atomic E-state index is 0.164. The van der Waals surface area contributed by atoms with Gasteiger partial charge >= 0.3 is 5.97 Å². The average molecular weight is 351 g/mol. The fraction of sp³-hybridized carbons (Fsp3) is 0.500. The largest absolute Gasteiger partial charge is 0.460 e. The van der Waals surface area contributed by atoms with Gasteiger partial charge < -0.3 is 4.74 Å². The summed E-state index contributed by atoms with van der Waals surface area (Å²) < 4.78 is 31.9. The van der Waals surface area contributed by atoms with Gasteiger partial charge in [-0.3, -0.25) is 0 Å². The van der Waals surface area contributed by atoms with E-state index in [-0.39, 0.29) is 6.10 Å². The molecule has 0 N–H and O–H groups in total. The van der Waals surface area contributed by atoms with E-state index in [1.807, 2.05) is 0 Å². The van der Waals surface area contributed by atoms with Crippen molar-refractivity contribution in [3.63, 3.8) is 0 Å². The highest BCUT2D eigenvalue weighted by Crippen LogP contribution is 2.21. The van der Waals surface area contributed by atoms with Crippen LogP contribution in [0.25, 0.3) is 6.08 Å². The molecule has 0 bridgehead atoms. The quantitative estimate of drug-likeness (QED) is 0.603. The van der Waals surface area contributed by atoms with E-state index < -0.39 is 16.0 Å². The predicted octanol–water partition coefficient (Wildman–Crippen LogP) is 3.22. The van der Waals surface area contributed by atoms with E-state index in [0.29, 0.717) is 18.0 Å². The van der Waals surface area contributed by atoms with Crippen molar-refractivity contribution < 1.29 is 17.9 Å². The van der Waals surface area contributed by atoms with Crippen molar-refractivity contribution >= 4 is 22.1 Å². The van der Waals surface area contributed by atoms with Crippen LogP contribution in [0.4, 0.5) is 0 Å². The topological polar surface area (TPSA) is 63.7 Å². The molecule has 0 aromatic heterocycles. The Hall–Kier alpha value is -1.66. The van der Waals surface area contributed by atoms with E-state index in [1.54, 1.807) is 48.5 Å². The first-order chi connectivity index (χ1) is 11.4. The molecule has 0 aliphatic carbocycles. The molecule has 5 nitrogen and oxygen atoms in total. The Kier molecular flexibility index (Phi) is 6.57. The number of ether oxygens (including phenoxy) is 1. The molecule has 132 valence electrons. The van der Waals surface area contributed by atoms with Gasteiger partial charge in [-0.25, -0.2) is 13.2 Å². The van der Waals surface area contributed by atoms with Crippen molar-refractivity contribution in [1.29, 1.82) is 0 Å². The van der Waals surface area contributed by atoms with Crippen LogP contribution >= 0.6 is 0 Å². The first-order valence-electron chi connectivity index (χ1n) is 8.38. The third-order valence-electron chi connectivity index (χ3n) is 3.85. The van der Waals surface area contributed by atoms with Crippen LogP contribution in [0, 0.1) is 0 Å². The van der Waals surface area contributed by atoms with Crippen LogP contribution in [0.3, 0.4) is 0 Å². The van der Waals surface area contributed by atoms with Crippen molar-refractivity contribution in [3.05, 3.63) is 35.9 Å². The summed E-state index contributed by atoms with van der Waals surface area (Å²) in [7, 11) is -3.43. The van der Waals surface area contributed by atoms with Crippen LogP contribution in [-0.4, -0.2) is 37.9 Å². The summed E-state index contributed by atoms with van der Waals surface area (Å²) in [5.41, 5.74) is 0.755. The zero-order valence-electron chi connectivity index (χ0n) is 14.3. The molecule has 6 heteroatoms. The number of sulfonamides is 1. The minimum atomic E-state index is -3.43. The summed E-state index contributed by atoms with van der Waals surface area (Å²) in [4.78, 5) is 11.8. The van der Waals surface area contributed by atoms with E-state index in [2.05, 4.69) is 0 Å². The van der Waals surface area contributed by atoms with Crippen LogP contribution < -0.4 is 0 Å². The lowest BCUT2D eigenvalue weighted by Crippen LogP contribution is -2.31. The number of carbonyl (C=O) groups is 1. The molecule has 1 heterocycles. The van der Waals surface area contributed by atoms with Gasteiger partial charge in [0.15, 0.2) is 0 Å². The number of hydrogen-bond acceptors (Lipinski definition) is 4. The van der Waals surface area contributed by atoms with E-state index in [1.165, 1.54) is 6.08 Å². The van der Waals surface area contributed by atoms with Crippen LogP contribution in [0.1, 0.15) is 45.1 Å². The maximum absolute atomic E-state index is 12.7. The molecule has 1 aliphatic heterocycles. The summed E-state index contributed by atoms with van der Waals surface area (Å²) >= 11 is 0. The zero-order valence-corrected chi connectivity index (χ0v) is 15.1. The molecule has 0 spiro atoms. The highest BCUT2D eigenvalue weighted by molar-refractivity contribution is 7.89. The second-order valence-corrected chi connectivity index (χ2v) is 8.14. The predicted molar refractivity (Wildman–Crippen MR) is 93.9 cm³/mol. The highest BCUT2D eigenvalue weighted by atomic mass is 32.2. The molecule has 0 amide bonds. The fourth-order valence-electron chi connectivity index (χ4n) is 2.62. The van der Waals surface area contributed by atoms with E-state index in [0.717, 1.165) is 31.2 Å². The Morgan fingerprint density at radius 1 is 1.08 bits per heavy atom. The minimum Gasteiger partial charge on any atom is -0.460 e. The number of carbonyl (C=O) groups excluding carboxylic acids is 1. The molecule has 24 heavy (non-hydrogen) atoms. The highest BCUT2D eigenvalue weighted by Gasteiger charge is 2.24. The SMILES string of the molecule is CC(C)OC(=O)/C=C/c1ccc(S(=O)(=O)N2CCCCCC2)cc1. The molecular weight excluding hydrogens is 326 g/mol. The second kappa shape index (κ2) is 8.44. The number of rotatable bonds is 5. The molecule has 1 fully saturated rings. The standard InChI is InChI=1S/C18H25NO4S/c1-15(2)23-18(20)12-9-16-7-10-17(11-8-16)24(21,22)19-13-5-3-4-6-14-19/h7-12,15H,3-6,13-14H2,1-2H3/b12-9+. The first-order valence-corrected chi connectivity index (χ1v) is 9.82. The molecule has 1 aromatic rings. The van der Waals surface area contributed by atoms with Gasteiger partial charge in [-0.1, -0.05) is 25.0 Å². The van der Waals surface area contributed by atoms with Crippen molar-refractivity contribution in [2.75, 3.05) is 13.1 Å². The summed E-state index contributed by atoms with van der Waals surface area (Å²) in [5.74, 6) is -0.411. The lowest BCUT2D eigenvalue weighted by molar-refractivity contribution is -0.141. The maximum Gasteiger partial charge on any atom is 0.331 e. The smallest absolute Gasteiger partial charge is 0.331 e. The van der Waals surface area contributed by atoms with Crippen LogP contribution in [0.15, 0.2) is 35.2 Å². The van der Waals surface area contributed by atoms with Crippen molar-refractivity contribution in [1.82, 2.24) is 4.31 Å². The lowest BCUT2D eigenvalue weighted by Gasteiger charge is -2.19. The third-order valence-corrected chi connectivity index (χ3v) is 5.76. The molecule has 0 atom stereocenters. The zero-order chi connectivity index (χ0) is 17.6. The Balaban J connectivity index is 2.08. The van der Waals surface area contributed by atoms with Gasteiger partial charge in [0.1, 0.15) is 0 Å². The molecule has 2 rings (SSSR count). The summed E-state index contributed by atoms with van der Waals surface area (Å²) in [5, 5.41) is 0. The maximum atomic E-state index is 12.7.